The summed E-state index contributed by atoms with van der Waals surface area (Å²) in [5, 5.41) is 1.67. The van der Waals surface area contributed by atoms with Crippen molar-refractivity contribution in [2.24, 2.45) is 0 Å². The zero-order chi connectivity index (χ0) is 14.1. The van der Waals surface area contributed by atoms with Crippen LogP contribution in [0.25, 0.3) is 0 Å². The highest BCUT2D eigenvalue weighted by molar-refractivity contribution is 5.96. The highest BCUT2D eigenvalue weighted by atomic mass is 16.2. The third-order valence-electron chi connectivity index (χ3n) is 2.95. The summed E-state index contributed by atoms with van der Waals surface area (Å²) in [6, 6.07) is 4.22. The number of nitrogens with one attached hydrogen (secondary N) is 1. The van der Waals surface area contributed by atoms with Crippen LogP contribution < -0.4 is 5.43 Å². The normalized spacial score (nSPS) is 11.8. The molecule has 0 saturated heterocycles. The lowest BCUT2D eigenvalue weighted by molar-refractivity contribution is 0.0855. The second-order valence-corrected chi connectivity index (χ2v) is 6.07. The van der Waals surface area contributed by atoms with Crippen LogP contribution in [0.3, 0.4) is 0 Å². The van der Waals surface area contributed by atoms with Crippen LogP contribution in [0.2, 0.25) is 0 Å². The molecule has 1 aromatic rings. The van der Waals surface area contributed by atoms with Gasteiger partial charge in [0.2, 0.25) is 0 Å². The van der Waals surface area contributed by atoms with Crippen molar-refractivity contribution in [1.82, 2.24) is 10.4 Å². The fraction of sp³-hybridized carbons (Fsp3) is 0.533. The van der Waals surface area contributed by atoms with Gasteiger partial charge in [0, 0.05) is 19.7 Å². The van der Waals surface area contributed by atoms with Gasteiger partial charge in [-0.2, -0.15) is 0 Å². The topological polar surface area (TPSA) is 32.3 Å². The molecule has 1 rings (SSSR count). The number of hydrazine groups is 1. The molecule has 0 heterocycles. The summed E-state index contributed by atoms with van der Waals surface area (Å²) < 4.78 is 0. The third kappa shape index (κ3) is 3.33. The number of carbonyl (C=O) groups is 1. The van der Waals surface area contributed by atoms with Crippen LogP contribution in [0.5, 0.6) is 0 Å². The Balaban J connectivity index is 3.21. The van der Waals surface area contributed by atoms with E-state index in [9.17, 15) is 4.79 Å². The number of hydrogen-bond donors (Lipinski definition) is 1. The van der Waals surface area contributed by atoms with E-state index in [0.717, 1.165) is 16.7 Å². The molecule has 0 spiro atoms. The van der Waals surface area contributed by atoms with E-state index in [1.54, 1.807) is 5.01 Å². The molecular formula is C15H24N2O. The fourth-order valence-electron chi connectivity index (χ4n) is 2.01. The molecule has 0 aliphatic heterocycles. The molecule has 0 aliphatic carbocycles. The number of nitrogens with zero attached hydrogens (tertiary/aromatic N) is 1. The standard InChI is InChI=1S/C15H24N2O/c1-10-8-12(15(3,4)5)9-11(2)13(10)14(18)16-17(6)7/h8-9H,1-7H3,(H,16,18). The van der Waals surface area contributed by atoms with Gasteiger partial charge in [0.15, 0.2) is 0 Å². The SMILES string of the molecule is Cc1cc(C(C)(C)C)cc(C)c1C(=O)NN(C)C. The van der Waals surface area contributed by atoms with E-state index in [-0.39, 0.29) is 11.3 Å². The fourth-order valence-corrected chi connectivity index (χ4v) is 2.01. The Kier molecular flexibility index (Phi) is 4.17. The number of hydrogen-bond acceptors (Lipinski definition) is 2. The van der Waals surface area contributed by atoms with Crippen LogP contribution in [-0.2, 0) is 5.41 Å². The lowest BCUT2D eigenvalue weighted by atomic mass is 9.83. The number of amides is 1. The minimum Gasteiger partial charge on any atom is -0.285 e. The monoisotopic (exact) mass is 248 g/mol. The van der Waals surface area contributed by atoms with Crippen LogP contribution in [0.4, 0.5) is 0 Å². The predicted octanol–water partition coefficient (Wildman–Crippen LogP) is 2.81. The molecule has 0 saturated carbocycles. The van der Waals surface area contributed by atoms with Crippen molar-refractivity contribution < 1.29 is 4.79 Å². The Morgan fingerprint density at radius 3 is 1.89 bits per heavy atom. The van der Waals surface area contributed by atoms with E-state index in [1.807, 2.05) is 27.9 Å². The van der Waals surface area contributed by atoms with E-state index in [2.05, 4.69) is 38.3 Å². The molecule has 18 heavy (non-hydrogen) atoms. The van der Waals surface area contributed by atoms with Gasteiger partial charge < -0.3 is 0 Å². The van der Waals surface area contributed by atoms with Crippen molar-refractivity contribution in [2.75, 3.05) is 14.1 Å². The zero-order valence-electron chi connectivity index (χ0n) is 12.5. The minimum atomic E-state index is -0.0459. The van der Waals surface area contributed by atoms with E-state index < -0.39 is 0 Å². The predicted molar refractivity (Wildman–Crippen MR) is 75.8 cm³/mol. The van der Waals surface area contributed by atoms with Gasteiger partial charge in [-0.1, -0.05) is 32.9 Å². The lowest BCUT2D eigenvalue weighted by Gasteiger charge is -2.22. The van der Waals surface area contributed by atoms with Crippen LogP contribution in [-0.4, -0.2) is 25.0 Å². The van der Waals surface area contributed by atoms with Crippen molar-refractivity contribution in [3.8, 4) is 0 Å². The summed E-state index contributed by atoms with van der Waals surface area (Å²) in [7, 11) is 3.62. The number of carbonyl (C=O) groups excluding carboxylic acids is 1. The summed E-state index contributed by atoms with van der Waals surface area (Å²) in [5.74, 6) is -0.0459. The maximum absolute atomic E-state index is 12.1. The van der Waals surface area contributed by atoms with E-state index >= 15 is 0 Å². The molecule has 100 valence electrons. The molecule has 1 amide bonds. The molecule has 3 heteroatoms. The van der Waals surface area contributed by atoms with Crippen LogP contribution in [0, 0.1) is 13.8 Å². The van der Waals surface area contributed by atoms with Gasteiger partial charge in [0.05, 0.1) is 0 Å². The number of benzene rings is 1. The molecule has 1 aromatic carbocycles. The van der Waals surface area contributed by atoms with Gasteiger partial charge in [0.1, 0.15) is 0 Å². The van der Waals surface area contributed by atoms with Crippen LogP contribution in [0.1, 0.15) is 47.8 Å². The summed E-state index contributed by atoms with van der Waals surface area (Å²) in [6.07, 6.45) is 0. The Morgan fingerprint density at radius 1 is 1.11 bits per heavy atom. The quantitative estimate of drug-likeness (QED) is 0.816. The first-order chi connectivity index (χ1) is 8.12. The van der Waals surface area contributed by atoms with Crippen LogP contribution in [0.15, 0.2) is 12.1 Å². The molecule has 0 aromatic heterocycles. The zero-order valence-corrected chi connectivity index (χ0v) is 12.5. The average molecular weight is 248 g/mol. The molecule has 0 radical (unpaired) electrons. The van der Waals surface area contributed by atoms with E-state index in [4.69, 9.17) is 0 Å². The molecule has 3 nitrogen and oxygen atoms in total. The minimum absolute atomic E-state index is 0.0459. The van der Waals surface area contributed by atoms with Crippen LogP contribution >= 0.6 is 0 Å². The maximum Gasteiger partial charge on any atom is 0.266 e. The van der Waals surface area contributed by atoms with Gasteiger partial charge in [-0.25, -0.2) is 5.01 Å². The number of rotatable bonds is 2. The summed E-state index contributed by atoms with van der Waals surface area (Å²) in [6.45, 7) is 10.5. The number of aryl methyl sites for hydroxylation is 2. The van der Waals surface area contributed by atoms with Crippen molar-refractivity contribution in [3.63, 3.8) is 0 Å². The van der Waals surface area contributed by atoms with Gasteiger partial charge in [-0.05, 0) is 36.0 Å². The molecular weight excluding hydrogens is 224 g/mol. The average Bonchev–Trinajstić information content (AvgIpc) is 2.13. The van der Waals surface area contributed by atoms with Crippen molar-refractivity contribution in [2.45, 2.75) is 40.0 Å². The third-order valence-corrected chi connectivity index (χ3v) is 2.95. The second kappa shape index (κ2) is 5.11. The first kappa shape index (κ1) is 14.7. The van der Waals surface area contributed by atoms with Gasteiger partial charge >= 0.3 is 0 Å². The highest BCUT2D eigenvalue weighted by Crippen LogP contribution is 2.26. The molecule has 0 aliphatic rings. The van der Waals surface area contributed by atoms with Crippen molar-refractivity contribution in [3.05, 3.63) is 34.4 Å². The Bertz CT molecular complexity index is 433. The van der Waals surface area contributed by atoms with E-state index in [1.165, 1.54) is 5.56 Å². The van der Waals surface area contributed by atoms with E-state index in [0.29, 0.717) is 0 Å². The maximum atomic E-state index is 12.1. The summed E-state index contributed by atoms with van der Waals surface area (Å²) in [4.78, 5) is 12.1. The first-order valence-electron chi connectivity index (χ1n) is 6.23. The molecule has 0 unspecified atom stereocenters. The second-order valence-electron chi connectivity index (χ2n) is 6.07. The largest absolute Gasteiger partial charge is 0.285 e. The van der Waals surface area contributed by atoms with Crippen molar-refractivity contribution in [1.29, 1.82) is 0 Å². The van der Waals surface area contributed by atoms with Gasteiger partial charge in [-0.3, -0.25) is 10.2 Å². The van der Waals surface area contributed by atoms with Crippen molar-refractivity contribution >= 4 is 5.91 Å². The summed E-state index contributed by atoms with van der Waals surface area (Å²) >= 11 is 0. The highest BCUT2D eigenvalue weighted by Gasteiger charge is 2.19. The lowest BCUT2D eigenvalue weighted by Crippen LogP contribution is -2.37. The first-order valence-corrected chi connectivity index (χ1v) is 6.23. The molecule has 0 atom stereocenters. The molecule has 1 N–H and O–H groups in total. The molecule has 0 fully saturated rings. The van der Waals surface area contributed by atoms with Gasteiger partial charge in [-0.15, -0.1) is 0 Å². The Hall–Kier alpha value is -1.35. The molecule has 0 bridgehead atoms. The summed E-state index contributed by atoms with van der Waals surface area (Å²) in [5.41, 5.74) is 6.99. The Labute approximate surface area is 110 Å². The Morgan fingerprint density at radius 2 is 1.56 bits per heavy atom. The smallest absolute Gasteiger partial charge is 0.266 e. The van der Waals surface area contributed by atoms with Gasteiger partial charge in [0.25, 0.3) is 5.91 Å².